The Balaban J connectivity index is 1.96. The number of carbonyl (C=O) groups excluding carboxylic acids is 1. The Kier molecular flexibility index (Phi) is 3.96. The molecule has 100 valence electrons. The molecule has 7 heteroatoms. The molecule has 0 unspecified atom stereocenters. The molecule has 1 N–H and O–H groups in total. The Morgan fingerprint density at radius 3 is 2.74 bits per heavy atom. The Bertz CT molecular complexity index is 577. The van der Waals surface area contributed by atoms with E-state index in [0.717, 1.165) is 11.3 Å². The highest BCUT2D eigenvalue weighted by Gasteiger charge is 2.16. The van der Waals surface area contributed by atoms with Gasteiger partial charge in [0.2, 0.25) is 0 Å². The van der Waals surface area contributed by atoms with Gasteiger partial charge in [0.05, 0.1) is 11.4 Å². The number of amides is 1. The molecule has 2 heterocycles. The van der Waals surface area contributed by atoms with Crippen molar-refractivity contribution in [2.75, 3.05) is 13.6 Å². The minimum absolute atomic E-state index is 0.170. The maximum absolute atomic E-state index is 12.1. The lowest BCUT2D eigenvalue weighted by atomic mass is 10.4. The quantitative estimate of drug-likeness (QED) is 0.898. The molecule has 0 aliphatic rings. The molecule has 6 nitrogen and oxygen atoms in total. The molecular formula is C12H13N3O3S. The third kappa shape index (κ3) is 3.19. The maximum Gasteiger partial charge on any atom is 0.345 e. The van der Waals surface area contributed by atoms with Crippen LogP contribution in [0.5, 0.6) is 0 Å². The van der Waals surface area contributed by atoms with Crippen LogP contribution in [0, 0.1) is 0 Å². The average Bonchev–Trinajstić information content (AvgIpc) is 3.05. The van der Waals surface area contributed by atoms with E-state index >= 15 is 0 Å². The maximum atomic E-state index is 12.1. The number of hydrogen-bond donors (Lipinski definition) is 1. The number of aromatic carboxylic acids is 1. The number of aromatic nitrogens is 2. The molecule has 0 radical (unpaired) electrons. The standard InChI is InChI=1S/C12H13N3O3S/c1-14(7-8-15-6-2-5-13-15)11(16)9-3-4-10(19-9)12(17)18/h2-6H,7-8H2,1H3,(H,17,18). The lowest BCUT2D eigenvalue weighted by Crippen LogP contribution is -2.29. The number of carboxylic acids is 1. The number of hydrogen-bond acceptors (Lipinski definition) is 4. The van der Waals surface area contributed by atoms with Gasteiger partial charge >= 0.3 is 5.97 Å². The third-order valence-electron chi connectivity index (χ3n) is 2.60. The first-order valence-electron chi connectivity index (χ1n) is 5.64. The summed E-state index contributed by atoms with van der Waals surface area (Å²) in [4.78, 5) is 25.0. The van der Waals surface area contributed by atoms with Crippen LogP contribution in [0.3, 0.4) is 0 Å². The van der Waals surface area contributed by atoms with Crippen molar-refractivity contribution in [1.82, 2.24) is 14.7 Å². The molecule has 0 atom stereocenters. The number of nitrogens with zero attached hydrogens (tertiary/aromatic N) is 3. The second-order valence-corrected chi connectivity index (χ2v) is 5.05. The molecule has 2 aromatic rings. The Hall–Kier alpha value is -2.15. The summed E-state index contributed by atoms with van der Waals surface area (Å²) in [5.74, 6) is -1.19. The van der Waals surface area contributed by atoms with Gasteiger partial charge in [-0.05, 0) is 18.2 Å². The van der Waals surface area contributed by atoms with Crippen LogP contribution in [0.4, 0.5) is 0 Å². The van der Waals surface area contributed by atoms with Crippen LogP contribution in [0.15, 0.2) is 30.6 Å². The van der Waals surface area contributed by atoms with Crippen molar-refractivity contribution in [3.63, 3.8) is 0 Å². The summed E-state index contributed by atoms with van der Waals surface area (Å²) in [5.41, 5.74) is 0. The minimum Gasteiger partial charge on any atom is -0.477 e. The van der Waals surface area contributed by atoms with Gasteiger partial charge in [0.1, 0.15) is 4.88 Å². The van der Waals surface area contributed by atoms with E-state index in [-0.39, 0.29) is 10.8 Å². The third-order valence-corrected chi connectivity index (χ3v) is 3.66. The molecule has 19 heavy (non-hydrogen) atoms. The zero-order chi connectivity index (χ0) is 13.8. The largest absolute Gasteiger partial charge is 0.477 e. The van der Waals surface area contributed by atoms with E-state index in [4.69, 9.17) is 5.11 Å². The molecule has 0 aliphatic carbocycles. The fraction of sp³-hybridized carbons (Fsp3) is 0.250. The Morgan fingerprint density at radius 2 is 2.16 bits per heavy atom. The van der Waals surface area contributed by atoms with Gasteiger partial charge < -0.3 is 10.0 Å². The fourth-order valence-corrected chi connectivity index (χ4v) is 2.38. The van der Waals surface area contributed by atoms with Crippen molar-refractivity contribution in [2.45, 2.75) is 6.54 Å². The molecule has 0 fully saturated rings. The molecule has 0 spiro atoms. The number of carboxylic acid groups (broad SMARTS) is 1. The van der Waals surface area contributed by atoms with Gasteiger partial charge in [0.25, 0.3) is 5.91 Å². The van der Waals surface area contributed by atoms with Crippen molar-refractivity contribution < 1.29 is 14.7 Å². The van der Waals surface area contributed by atoms with Crippen LogP contribution in [-0.4, -0.2) is 45.3 Å². The average molecular weight is 279 g/mol. The van der Waals surface area contributed by atoms with E-state index in [1.54, 1.807) is 28.9 Å². The lowest BCUT2D eigenvalue weighted by molar-refractivity contribution is 0.0701. The number of likely N-dealkylation sites (N-methyl/N-ethyl adjacent to an activating group) is 1. The summed E-state index contributed by atoms with van der Waals surface area (Å²) >= 11 is 0.988. The van der Waals surface area contributed by atoms with Crippen molar-refractivity contribution in [2.24, 2.45) is 0 Å². The number of rotatable bonds is 5. The molecule has 2 rings (SSSR count). The summed E-state index contributed by atoms with van der Waals surface area (Å²) in [5, 5.41) is 12.9. The van der Waals surface area contributed by atoms with Crippen LogP contribution >= 0.6 is 11.3 Å². The van der Waals surface area contributed by atoms with Gasteiger partial charge in [0, 0.05) is 26.0 Å². The first kappa shape index (κ1) is 13.3. The molecule has 2 aromatic heterocycles. The predicted octanol–water partition coefficient (Wildman–Crippen LogP) is 1.42. The van der Waals surface area contributed by atoms with E-state index in [0.29, 0.717) is 18.0 Å². The van der Waals surface area contributed by atoms with Crippen molar-refractivity contribution >= 4 is 23.2 Å². The van der Waals surface area contributed by atoms with Gasteiger partial charge in [-0.2, -0.15) is 5.10 Å². The normalized spacial score (nSPS) is 10.4. The Morgan fingerprint density at radius 1 is 1.42 bits per heavy atom. The lowest BCUT2D eigenvalue weighted by Gasteiger charge is -2.15. The summed E-state index contributed by atoms with van der Waals surface area (Å²) in [6, 6.07) is 4.81. The van der Waals surface area contributed by atoms with Gasteiger partial charge in [-0.1, -0.05) is 0 Å². The molecule has 0 saturated carbocycles. The second kappa shape index (κ2) is 5.66. The van der Waals surface area contributed by atoms with Crippen molar-refractivity contribution in [3.05, 3.63) is 40.3 Å². The fourth-order valence-electron chi connectivity index (χ4n) is 1.54. The van der Waals surface area contributed by atoms with Gasteiger partial charge in [-0.15, -0.1) is 11.3 Å². The van der Waals surface area contributed by atoms with Gasteiger partial charge in [0.15, 0.2) is 0 Å². The summed E-state index contributed by atoms with van der Waals surface area (Å²) in [6.45, 7) is 1.12. The van der Waals surface area contributed by atoms with Crippen LogP contribution in [0.2, 0.25) is 0 Å². The van der Waals surface area contributed by atoms with Crippen LogP contribution in [0.1, 0.15) is 19.3 Å². The molecule has 0 aromatic carbocycles. The van der Waals surface area contributed by atoms with Crippen LogP contribution in [-0.2, 0) is 6.54 Å². The van der Waals surface area contributed by atoms with E-state index < -0.39 is 5.97 Å². The first-order chi connectivity index (χ1) is 9.08. The summed E-state index contributed by atoms with van der Waals surface area (Å²) < 4.78 is 1.74. The van der Waals surface area contributed by atoms with Gasteiger partial charge in [-0.3, -0.25) is 9.48 Å². The number of thiophene rings is 1. The van der Waals surface area contributed by atoms with Crippen LogP contribution < -0.4 is 0 Å². The molecular weight excluding hydrogens is 266 g/mol. The minimum atomic E-state index is -1.01. The summed E-state index contributed by atoms with van der Waals surface area (Å²) in [7, 11) is 1.69. The highest BCUT2D eigenvalue weighted by Crippen LogP contribution is 2.17. The van der Waals surface area contributed by atoms with Crippen molar-refractivity contribution in [1.29, 1.82) is 0 Å². The highest BCUT2D eigenvalue weighted by atomic mass is 32.1. The van der Waals surface area contributed by atoms with Crippen LogP contribution in [0.25, 0.3) is 0 Å². The molecule has 0 bridgehead atoms. The molecule has 1 amide bonds. The van der Waals surface area contributed by atoms with E-state index in [9.17, 15) is 9.59 Å². The molecule has 0 aliphatic heterocycles. The number of carbonyl (C=O) groups is 2. The zero-order valence-electron chi connectivity index (χ0n) is 10.3. The summed E-state index contributed by atoms with van der Waals surface area (Å²) in [6.07, 6.45) is 3.51. The molecule has 0 saturated heterocycles. The van der Waals surface area contributed by atoms with Gasteiger partial charge in [-0.25, -0.2) is 4.79 Å². The van der Waals surface area contributed by atoms with Crippen molar-refractivity contribution in [3.8, 4) is 0 Å². The Labute approximate surface area is 113 Å². The van der Waals surface area contributed by atoms with E-state index in [2.05, 4.69) is 5.10 Å². The SMILES string of the molecule is CN(CCn1cccn1)C(=O)c1ccc(C(=O)O)s1. The smallest absolute Gasteiger partial charge is 0.345 e. The highest BCUT2D eigenvalue weighted by molar-refractivity contribution is 7.15. The predicted molar refractivity (Wildman–Crippen MR) is 70.5 cm³/mol. The monoisotopic (exact) mass is 279 g/mol. The topological polar surface area (TPSA) is 75.4 Å². The first-order valence-corrected chi connectivity index (χ1v) is 6.45. The van der Waals surface area contributed by atoms with E-state index in [1.165, 1.54) is 6.07 Å². The van der Waals surface area contributed by atoms with E-state index in [1.807, 2.05) is 12.3 Å². The zero-order valence-corrected chi connectivity index (χ0v) is 11.1. The second-order valence-electron chi connectivity index (χ2n) is 3.96.